The van der Waals surface area contributed by atoms with Crippen molar-refractivity contribution in [2.75, 3.05) is 33.3 Å². The number of halogens is 4. The van der Waals surface area contributed by atoms with Gasteiger partial charge in [-0.25, -0.2) is 0 Å². The van der Waals surface area contributed by atoms with Crippen LogP contribution in [0.5, 0.6) is 0 Å². The maximum atomic E-state index is 12.1. The van der Waals surface area contributed by atoms with Crippen molar-refractivity contribution in [1.29, 1.82) is 0 Å². The van der Waals surface area contributed by atoms with Crippen molar-refractivity contribution in [2.24, 2.45) is 4.99 Å². The molecule has 0 aliphatic carbocycles. The van der Waals surface area contributed by atoms with Gasteiger partial charge in [0.15, 0.2) is 5.96 Å². The zero-order chi connectivity index (χ0) is 21.1. The normalized spacial score (nSPS) is 18.0. The molecular weight excluding hydrogens is 508 g/mol. The summed E-state index contributed by atoms with van der Waals surface area (Å²) in [6.07, 6.45) is 0.711. The van der Waals surface area contributed by atoms with Crippen LogP contribution < -0.4 is 10.6 Å². The Morgan fingerprint density at radius 1 is 1.17 bits per heavy atom. The summed E-state index contributed by atoms with van der Waals surface area (Å²) in [5, 5.41) is 6.59. The van der Waals surface area contributed by atoms with Gasteiger partial charge in [0, 0.05) is 32.7 Å². The fourth-order valence-electron chi connectivity index (χ4n) is 3.42. The van der Waals surface area contributed by atoms with E-state index in [2.05, 4.69) is 32.2 Å². The number of hydrogen-bond acceptors (Lipinski definition) is 3. The van der Waals surface area contributed by atoms with E-state index in [4.69, 9.17) is 0 Å². The molecule has 1 aliphatic rings. The molecule has 172 valence electrons. The van der Waals surface area contributed by atoms with E-state index in [1.807, 2.05) is 12.1 Å². The first-order valence-electron chi connectivity index (χ1n) is 10.3. The first-order chi connectivity index (χ1) is 13.9. The third-order valence-electron chi connectivity index (χ3n) is 5.10. The zero-order valence-electron chi connectivity index (χ0n) is 17.8. The Morgan fingerprint density at radius 3 is 2.50 bits per heavy atom. The molecule has 9 heteroatoms. The number of ether oxygens (including phenoxy) is 1. The maximum absolute atomic E-state index is 12.1. The summed E-state index contributed by atoms with van der Waals surface area (Å²) in [6, 6.07) is 8.00. The molecule has 0 spiro atoms. The van der Waals surface area contributed by atoms with Gasteiger partial charge in [0.2, 0.25) is 0 Å². The molecule has 0 aromatic heterocycles. The van der Waals surface area contributed by atoms with Crippen LogP contribution in [-0.2, 0) is 17.9 Å². The first kappa shape index (κ1) is 27.0. The molecule has 0 radical (unpaired) electrons. The van der Waals surface area contributed by atoms with Gasteiger partial charge in [-0.3, -0.25) is 4.99 Å². The fraction of sp³-hybridized carbons (Fsp3) is 0.667. The van der Waals surface area contributed by atoms with Gasteiger partial charge in [0.1, 0.15) is 6.61 Å². The monoisotopic (exact) mass is 542 g/mol. The van der Waals surface area contributed by atoms with Gasteiger partial charge in [-0.2, -0.15) is 13.2 Å². The molecule has 0 amide bonds. The van der Waals surface area contributed by atoms with E-state index in [-0.39, 0.29) is 30.6 Å². The van der Waals surface area contributed by atoms with Gasteiger partial charge in [-0.15, -0.1) is 24.0 Å². The van der Waals surface area contributed by atoms with Gasteiger partial charge in [0.05, 0.1) is 6.61 Å². The number of benzene rings is 1. The predicted molar refractivity (Wildman–Crippen MR) is 125 cm³/mol. The van der Waals surface area contributed by atoms with Crippen molar-refractivity contribution in [3.8, 4) is 0 Å². The third kappa shape index (κ3) is 10.8. The summed E-state index contributed by atoms with van der Waals surface area (Å²) in [4.78, 5) is 6.79. The van der Waals surface area contributed by atoms with Crippen LogP contribution in [0.4, 0.5) is 13.2 Å². The minimum Gasteiger partial charge on any atom is -0.367 e. The van der Waals surface area contributed by atoms with Gasteiger partial charge < -0.3 is 20.3 Å². The van der Waals surface area contributed by atoms with Crippen molar-refractivity contribution in [2.45, 2.75) is 58.0 Å². The largest absolute Gasteiger partial charge is 0.411 e. The van der Waals surface area contributed by atoms with Crippen LogP contribution in [0.1, 0.15) is 43.7 Å². The minimum absolute atomic E-state index is 0. The van der Waals surface area contributed by atoms with Gasteiger partial charge in [-0.05, 0) is 43.9 Å². The molecule has 1 aromatic rings. The summed E-state index contributed by atoms with van der Waals surface area (Å²) in [6.45, 7) is 4.78. The van der Waals surface area contributed by atoms with E-state index in [1.54, 1.807) is 19.2 Å². The molecule has 1 saturated heterocycles. The molecule has 1 aromatic carbocycles. The molecule has 2 N–H and O–H groups in total. The van der Waals surface area contributed by atoms with Crippen LogP contribution in [0.25, 0.3) is 0 Å². The standard InChI is InChI=1S/C21H33F3N4O.HI/c1-17-6-3-4-12-28(17)13-5-11-26-20(25-2)27-14-18-7-9-19(10-8-18)15-29-16-21(22,23)24;/h7-10,17H,3-6,11-16H2,1-2H3,(H2,25,26,27);1H. The highest BCUT2D eigenvalue weighted by Gasteiger charge is 2.27. The van der Waals surface area contributed by atoms with Crippen molar-refractivity contribution >= 4 is 29.9 Å². The molecule has 1 fully saturated rings. The first-order valence-corrected chi connectivity index (χ1v) is 10.3. The number of rotatable bonds is 9. The van der Waals surface area contributed by atoms with E-state index in [0.29, 0.717) is 18.2 Å². The van der Waals surface area contributed by atoms with Crippen LogP contribution >= 0.6 is 24.0 Å². The number of nitrogens with one attached hydrogen (secondary N) is 2. The lowest BCUT2D eigenvalue weighted by molar-refractivity contribution is -0.176. The van der Waals surface area contributed by atoms with E-state index >= 15 is 0 Å². The minimum atomic E-state index is -4.29. The summed E-state index contributed by atoms with van der Waals surface area (Å²) < 4.78 is 41.0. The van der Waals surface area contributed by atoms with Gasteiger partial charge in [0.25, 0.3) is 0 Å². The summed E-state index contributed by atoms with van der Waals surface area (Å²) >= 11 is 0. The van der Waals surface area contributed by atoms with Crippen molar-refractivity contribution in [3.05, 3.63) is 35.4 Å². The fourth-order valence-corrected chi connectivity index (χ4v) is 3.42. The van der Waals surface area contributed by atoms with Crippen LogP contribution in [0.15, 0.2) is 29.3 Å². The van der Waals surface area contributed by atoms with Crippen LogP contribution in [0.3, 0.4) is 0 Å². The maximum Gasteiger partial charge on any atom is 0.411 e. The average molecular weight is 542 g/mol. The highest BCUT2D eigenvalue weighted by Crippen LogP contribution is 2.16. The number of nitrogens with zero attached hydrogens (tertiary/aromatic N) is 2. The van der Waals surface area contributed by atoms with Crippen molar-refractivity contribution in [1.82, 2.24) is 15.5 Å². The Hall–Kier alpha value is -1.07. The molecule has 1 atom stereocenters. The van der Waals surface area contributed by atoms with Gasteiger partial charge >= 0.3 is 6.18 Å². The second-order valence-electron chi connectivity index (χ2n) is 7.51. The van der Waals surface area contributed by atoms with E-state index in [1.165, 1.54) is 25.8 Å². The van der Waals surface area contributed by atoms with Gasteiger partial charge in [-0.1, -0.05) is 30.7 Å². The van der Waals surface area contributed by atoms with Crippen LogP contribution in [0.2, 0.25) is 0 Å². The lowest BCUT2D eigenvalue weighted by Gasteiger charge is -2.33. The number of piperidine rings is 1. The lowest BCUT2D eigenvalue weighted by atomic mass is 10.0. The van der Waals surface area contributed by atoms with Crippen LogP contribution in [0, 0.1) is 0 Å². The number of alkyl halides is 3. The Morgan fingerprint density at radius 2 is 1.87 bits per heavy atom. The third-order valence-corrected chi connectivity index (χ3v) is 5.10. The topological polar surface area (TPSA) is 48.9 Å². The highest BCUT2D eigenvalue weighted by molar-refractivity contribution is 14.0. The Labute approximate surface area is 194 Å². The number of hydrogen-bond donors (Lipinski definition) is 2. The molecule has 2 rings (SSSR count). The Kier molecular flexibility index (Phi) is 12.7. The molecule has 1 aliphatic heterocycles. The molecule has 1 unspecified atom stereocenters. The Bertz CT molecular complexity index is 626. The molecule has 0 saturated carbocycles. The van der Waals surface area contributed by atoms with E-state index < -0.39 is 12.8 Å². The van der Waals surface area contributed by atoms with E-state index in [0.717, 1.165) is 31.0 Å². The molecular formula is C21H34F3IN4O. The number of likely N-dealkylation sites (tertiary alicyclic amines) is 1. The molecule has 30 heavy (non-hydrogen) atoms. The predicted octanol–water partition coefficient (Wildman–Crippen LogP) is 4.31. The molecule has 5 nitrogen and oxygen atoms in total. The zero-order valence-corrected chi connectivity index (χ0v) is 20.1. The highest BCUT2D eigenvalue weighted by atomic mass is 127. The lowest BCUT2D eigenvalue weighted by Crippen LogP contribution is -2.41. The smallest absolute Gasteiger partial charge is 0.367 e. The van der Waals surface area contributed by atoms with Crippen LogP contribution in [-0.4, -0.2) is 56.4 Å². The number of guanidine groups is 1. The Balaban J connectivity index is 0.00000450. The summed E-state index contributed by atoms with van der Waals surface area (Å²) in [7, 11) is 1.74. The second kappa shape index (κ2) is 14.1. The van der Waals surface area contributed by atoms with Crippen molar-refractivity contribution in [3.63, 3.8) is 0 Å². The molecule has 0 bridgehead atoms. The average Bonchev–Trinajstić information content (AvgIpc) is 2.69. The summed E-state index contributed by atoms with van der Waals surface area (Å²) in [5.41, 5.74) is 1.74. The molecule has 1 heterocycles. The SMILES string of the molecule is CN=C(NCCCN1CCCCC1C)NCc1ccc(COCC(F)(F)F)cc1.I. The number of aliphatic imine (C=N–C) groups is 1. The summed E-state index contributed by atoms with van der Waals surface area (Å²) in [5.74, 6) is 0.745. The van der Waals surface area contributed by atoms with E-state index in [9.17, 15) is 13.2 Å². The van der Waals surface area contributed by atoms with Crippen molar-refractivity contribution < 1.29 is 17.9 Å². The second-order valence-corrected chi connectivity index (χ2v) is 7.51. The quantitative estimate of drug-likeness (QED) is 0.211.